The molecule has 0 unspecified atom stereocenters. The van der Waals surface area contributed by atoms with Crippen molar-refractivity contribution in [1.29, 1.82) is 0 Å². The number of hydrogen-bond donors (Lipinski definition) is 1. The van der Waals surface area contributed by atoms with Gasteiger partial charge in [0.1, 0.15) is 0 Å². The monoisotopic (exact) mass is 258 g/mol. The number of rotatable bonds is 5. The molecular formula is C17H26N2. The summed E-state index contributed by atoms with van der Waals surface area (Å²) in [5.74, 6) is 1.75. The van der Waals surface area contributed by atoms with Gasteiger partial charge in [0.25, 0.3) is 0 Å². The highest BCUT2D eigenvalue weighted by atomic mass is 15.1. The largest absolute Gasteiger partial charge is 0.312 e. The lowest BCUT2D eigenvalue weighted by molar-refractivity contribution is 0.216. The third kappa shape index (κ3) is 3.80. The van der Waals surface area contributed by atoms with Crippen LogP contribution in [0.5, 0.6) is 0 Å². The second-order valence-corrected chi connectivity index (χ2v) is 6.40. The Hall–Kier alpha value is -0.860. The lowest BCUT2D eigenvalue weighted by Crippen LogP contribution is -2.34. The summed E-state index contributed by atoms with van der Waals surface area (Å²) in [6, 6.07) is 9.17. The van der Waals surface area contributed by atoms with Crippen molar-refractivity contribution in [2.24, 2.45) is 5.92 Å². The molecule has 2 heteroatoms. The van der Waals surface area contributed by atoms with Crippen molar-refractivity contribution >= 4 is 0 Å². The SMILES string of the molecule is CN1CCC(CNCc2cccc(C3CC3)c2)CC1. The van der Waals surface area contributed by atoms with E-state index >= 15 is 0 Å². The van der Waals surface area contributed by atoms with E-state index in [1.54, 1.807) is 5.56 Å². The number of hydrogen-bond acceptors (Lipinski definition) is 2. The van der Waals surface area contributed by atoms with Crippen LogP contribution in [0.1, 0.15) is 42.7 Å². The van der Waals surface area contributed by atoms with Crippen molar-refractivity contribution in [1.82, 2.24) is 10.2 Å². The van der Waals surface area contributed by atoms with Crippen molar-refractivity contribution in [3.8, 4) is 0 Å². The van der Waals surface area contributed by atoms with E-state index < -0.39 is 0 Å². The smallest absolute Gasteiger partial charge is 0.0205 e. The van der Waals surface area contributed by atoms with Gasteiger partial charge in [0, 0.05) is 6.54 Å². The molecule has 1 saturated carbocycles. The molecule has 1 aliphatic heterocycles. The molecule has 1 aromatic carbocycles. The Kier molecular flexibility index (Phi) is 4.19. The predicted octanol–water partition coefficient (Wildman–Crippen LogP) is 3.00. The number of nitrogens with zero attached hydrogens (tertiary/aromatic N) is 1. The second kappa shape index (κ2) is 6.06. The van der Waals surface area contributed by atoms with Crippen molar-refractivity contribution in [3.63, 3.8) is 0 Å². The van der Waals surface area contributed by atoms with E-state index in [2.05, 4.69) is 41.5 Å². The normalized spacial score (nSPS) is 21.7. The summed E-state index contributed by atoms with van der Waals surface area (Å²) in [6.45, 7) is 4.75. The third-order valence-electron chi connectivity index (χ3n) is 4.60. The first kappa shape index (κ1) is 13.1. The molecule has 1 aromatic rings. The summed E-state index contributed by atoms with van der Waals surface area (Å²) in [7, 11) is 2.23. The predicted molar refractivity (Wildman–Crippen MR) is 80.3 cm³/mol. The van der Waals surface area contributed by atoms with Crippen LogP contribution >= 0.6 is 0 Å². The van der Waals surface area contributed by atoms with Gasteiger partial charge >= 0.3 is 0 Å². The molecule has 2 aliphatic rings. The van der Waals surface area contributed by atoms with E-state index in [-0.39, 0.29) is 0 Å². The van der Waals surface area contributed by atoms with E-state index in [4.69, 9.17) is 0 Å². The van der Waals surface area contributed by atoms with Gasteiger partial charge in [0.05, 0.1) is 0 Å². The van der Waals surface area contributed by atoms with Gasteiger partial charge in [0.15, 0.2) is 0 Å². The van der Waals surface area contributed by atoms with Gasteiger partial charge in [-0.2, -0.15) is 0 Å². The number of nitrogens with one attached hydrogen (secondary N) is 1. The summed E-state index contributed by atoms with van der Waals surface area (Å²) >= 11 is 0. The van der Waals surface area contributed by atoms with E-state index in [0.29, 0.717) is 0 Å². The maximum atomic E-state index is 3.65. The summed E-state index contributed by atoms with van der Waals surface area (Å²) in [4.78, 5) is 2.44. The molecule has 1 heterocycles. The number of piperidine rings is 1. The van der Waals surface area contributed by atoms with Crippen LogP contribution in [0.15, 0.2) is 24.3 Å². The summed E-state index contributed by atoms with van der Waals surface area (Å²) < 4.78 is 0. The topological polar surface area (TPSA) is 15.3 Å². The zero-order valence-electron chi connectivity index (χ0n) is 12.1. The highest BCUT2D eigenvalue weighted by Gasteiger charge is 2.23. The molecule has 1 N–H and O–H groups in total. The molecule has 104 valence electrons. The minimum Gasteiger partial charge on any atom is -0.312 e. The fourth-order valence-corrected chi connectivity index (χ4v) is 3.06. The fraction of sp³-hybridized carbons (Fsp3) is 0.647. The van der Waals surface area contributed by atoms with Gasteiger partial charge in [-0.05, 0) is 75.3 Å². The van der Waals surface area contributed by atoms with Gasteiger partial charge in [-0.25, -0.2) is 0 Å². The number of benzene rings is 1. The second-order valence-electron chi connectivity index (χ2n) is 6.40. The summed E-state index contributed by atoms with van der Waals surface area (Å²) in [5, 5.41) is 3.65. The molecule has 0 bridgehead atoms. The van der Waals surface area contributed by atoms with Crippen LogP contribution in [0.25, 0.3) is 0 Å². The van der Waals surface area contributed by atoms with Gasteiger partial charge < -0.3 is 10.2 Å². The Morgan fingerprint density at radius 3 is 2.68 bits per heavy atom. The van der Waals surface area contributed by atoms with Gasteiger partial charge in [-0.3, -0.25) is 0 Å². The zero-order chi connectivity index (χ0) is 13.1. The maximum Gasteiger partial charge on any atom is 0.0205 e. The molecule has 0 radical (unpaired) electrons. The van der Waals surface area contributed by atoms with E-state index in [9.17, 15) is 0 Å². The standard InChI is InChI=1S/C17H26N2/c1-19-9-7-14(8-10-19)12-18-13-15-3-2-4-17(11-15)16-5-6-16/h2-4,11,14,16,18H,5-10,12-13H2,1H3. The summed E-state index contributed by atoms with van der Waals surface area (Å²) in [6.07, 6.45) is 5.50. The molecule has 1 saturated heterocycles. The first-order chi connectivity index (χ1) is 9.31. The summed E-state index contributed by atoms with van der Waals surface area (Å²) in [5.41, 5.74) is 3.01. The highest BCUT2D eigenvalue weighted by molar-refractivity contribution is 5.29. The van der Waals surface area contributed by atoms with Crippen LogP contribution in [0.2, 0.25) is 0 Å². The molecule has 2 fully saturated rings. The van der Waals surface area contributed by atoms with Crippen molar-refractivity contribution in [3.05, 3.63) is 35.4 Å². The average Bonchev–Trinajstić information content (AvgIpc) is 3.26. The van der Waals surface area contributed by atoms with Crippen molar-refractivity contribution in [2.75, 3.05) is 26.7 Å². The Balaban J connectivity index is 1.43. The average molecular weight is 258 g/mol. The molecule has 0 atom stereocenters. The van der Waals surface area contributed by atoms with E-state index in [1.165, 1.54) is 50.9 Å². The first-order valence-corrected chi connectivity index (χ1v) is 7.79. The molecule has 2 nitrogen and oxygen atoms in total. The van der Waals surface area contributed by atoms with Crippen LogP contribution in [-0.4, -0.2) is 31.6 Å². The molecule has 0 aromatic heterocycles. The van der Waals surface area contributed by atoms with Gasteiger partial charge in [0.2, 0.25) is 0 Å². The quantitative estimate of drug-likeness (QED) is 0.873. The molecule has 0 amide bonds. The molecular weight excluding hydrogens is 232 g/mol. The van der Waals surface area contributed by atoms with Gasteiger partial charge in [-0.1, -0.05) is 24.3 Å². The van der Waals surface area contributed by atoms with Crippen molar-refractivity contribution < 1.29 is 0 Å². The van der Waals surface area contributed by atoms with Crippen LogP contribution < -0.4 is 5.32 Å². The Bertz CT molecular complexity index is 403. The first-order valence-electron chi connectivity index (χ1n) is 7.79. The minimum atomic E-state index is 0.869. The van der Waals surface area contributed by atoms with Crippen LogP contribution in [0.4, 0.5) is 0 Å². The van der Waals surface area contributed by atoms with Crippen molar-refractivity contribution in [2.45, 2.75) is 38.1 Å². The van der Waals surface area contributed by atoms with Crippen LogP contribution in [-0.2, 0) is 6.54 Å². The van der Waals surface area contributed by atoms with Crippen LogP contribution in [0, 0.1) is 5.92 Å². The Labute approximate surface area is 117 Å². The molecule has 0 spiro atoms. The third-order valence-corrected chi connectivity index (χ3v) is 4.60. The minimum absolute atomic E-state index is 0.869. The fourth-order valence-electron chi connectivity index (χ4n) is 3.06. The zero-order valence-corrected chi connectivity index (χ0v) is 12.1. The van der Waals surface area contributed by atoms with E-state index in [0.717, 1.165) is 18.4 Å². The lowest BCUT2D eigenvalue weighted by atomic mass is 9.97. The number of likely N-dealkylation sites (tertiary alicyclic amines) is 1. The maximum absolute atomic E-state index is 3.65. The van der Waals surface area contributed by atoms with Crippen LogP contribution in [0.3, 0.4) is 0 Å². The van der Waals surface area contributed by atoms with Gasteiger partial charge in [-0.15, -0.1) is 0 Å². The Morgan fingerprint density at radius 1 is 1.16 bits per heavy atom. The highest BCUT2D eigenvalue weighted by Crippen LogP contribution is 2.40. The lowest BCUT2D eigenvalue weighted by Gasteiger charge is -2.29. The molecule has 3 rings (SSSR count). The van der Waals surface area contributed by atoms with E-state index in [1.807, 2.05) is 0 Å². The molecule has 19 heavy (non-hydrogen) atoms. The Morgan fingerprint density at radius 2 is 1.95 bits per heavy atom. The molecule has 1 aliphatic carbocycles.